The third-order valence-electron chi connectivity index (χ3n) is 4.37. The molecule has 30 heavy (non-hydrogen) atoms. The molecule has 0 bridgehead atoms. The second kappa shape index (κ2) is 8.62. The van der Waals surface area contributed by atoms with E-state index in [9.17, 15) is 22.4 Å². The molecule has 1 N–H and O–H groups in total. The number of carbonyl (C=O) groups excluding carboxylic acids is 2. The average molecular weight is 433 g/mol. The van der Waals surface area contributed by atoms with Crippen molar-refractivity contribution in [2.24, 2.45) is 5.10 Å². The smallest absolute Gasteiger partial charge is 0.354 e. The number of ether oxygens (including phenoxy) is 1. The fraction of sp³-hybridized carbons (Fsp3) is 0.250. The van der Waals surface area contributed by atoms with Gasteiger partial charge in [-0.3, -0.25) is 10.2 Å². The topological polar surface area (TPSA) is 105 Å². The Balaban J connectivity index is 1.89. The lowest BCUT2D eigenvalue weighted by molar-refractivity contribution is -0.135. The lowest BCUT2D eigenvalue weighted by atomic mass is 10.0. The number of anilines is 1. The maximum atomic E-state index is 14.9. The molecule has 8 nitrogen and oxygen atoms in total. The molecule has 0 spiro atoms. The van der Waals surface area contributed by atoms with Crippen molar-refractivity contribution in [2.45, 2.75) is 19.4 Å². The summed E-state index contributed by atoms with van der Waals surface area (Å²) in [5, 5.41) is 3.75. The molecular formula is C20H20FN3O5S. The van der Waals surface area contributed by atoms with Crippen LogP contribution in [0, 0.1) is 5.82 Å². The van der Waals surface area contributed by atoms with E-state index in [1.165, 1.54) is 18.2 Å². The third kappa shape index (κ3) is 4.48. The Morgan fingerprint density at radius 3 is 2.50 bits per heavy atom. The Hall–Kier alpha value is -3.27. The summed E-state index contributed by atoms with van der Waals surface area (Å²) in [5.74, 6) is -2.53. The molecule has 0 fully saturated rings. The largest absolute Gasteiger partial charge is 0.461 e. The van der Waals surface area contributed by atoms with E-state index in [2.05, 4.69) is 10.5 Å². The maximum Gasteiger partial charge on any atom is 0.354 e. The van der Waals surface area contributed by atoms with Crippen LogP contribution in [0.25, 0.3) is 11.1 Å². The predicted octanol–water partition coefficient (Wildman–Crippen LogP) is 2.07. The van der Waals surface area contributed by atoms with Gasteiger partial charge in [-0.25, -0.2) is 21.9 Å². The quantitative estimate of drug-likeness (QED) is 0.700. The number of carbonyl (C=O) groups is 2. The van der Waals surface area contributed by atoms with Gasteiger partial charge in [0, 0.05) is 6.42 Å². The number of halogens is 1. The number of hydrazone groups is 1. The molecule has 0 radical (unpaired) electrons. The normalized spacial score (nSPS) is 15.8. The third-order valence-corrected chi connectivity index (χ3v) is 5.41. The van der Waals surface area contributed by atoms with Gasteiger partial charge in [0.25, 0.3) is 5.91 Å². The molecule has 0 aromatic heterocycles. The van der Waals surface area contributed by atoms with E-state index in [1.54, 1.807) is 31.2 Å². The second-order valence-electron chi connectivity index (χ2n) is 6.56. The van der Waals surface area contributed by atoms with Crippen molar-refractivity contribution in [3.8, 4) is 11.1 Å². The summed E-state index contributed by atoms with van der Waals surface area (Å²) in [5.41, 5.74) is 3.26. The molecule has 1 unspecified atom stereocenters. The van der Waals surface area contributed by atoms with Gasteiger partial charge in [0.2, 0.25) is 10.0 Å². The summed E-state index contributed by atoms with van der Waals surface area (Å²) in [4.78, 5) is 24.7. The van der Waals surface area contributed by atoms with Gasteiger partial charge in [0.05, 0.1) is 18.6 Å². The van der Waals surface area contributed by atoms with Gasteiger partial charge in [-0.15, -0.1) is 0 Å². The Kier molecular flexibility index (Phi) is 6.16. The van der Waals surface area contributed by atoms with Crippen molar-refractivity contribution in [1.29, 1.82) is 0 Å². The van der Waals surface area contributed by atoms with Crippen LogP contribution < -0.4 is 9.73 Å². The minimum absolute atomic E-state index is 0.0384. The zero-order valence-corrected chi connectivity index (χ0v) is 17.1. The Bertz CT molecular complexity index is 1100. The number of benzene rings is 2. The first-order valence-electron chi connectivity index (χ1n) is 9.10. The van der Waals surface area contributed by atoms with Gasteiger partial charge < -0.3 is 4.74 Å². The lowest BCUT2D eigenvalue weighted by Gasteiger charge is -2.24. The summed E-state index contributed by atoms with van der Waals surface area (Å²) in [6.07, 6.45) is 0.630. The van der Waals surface area contributed by atoms with Crippen molar-refractivity contribution < 1.29 is 27.1 Å². The van der Waals surface area contributed by atoms with Crippen molar-refractivity contribution in [1.82, 2.24) is 5.43 Å². The molecule has 0 saturated heterocycles. The summed E-state index contributed by atoms with van der Waals surface area (Å²) in [6.45, 7) is 1.75. The zero-order chi connectivity index (χ0) is 21.9. The van der Waals surface area contributed by atoms with Gasteiger partial charge in [-0.05, 0) is 30.2 Å². The maximum absolute atomic E-state index is 14.9. The van der Waals surface area contributed by atoms with Crippen molar-refractivity contribution in [3.63, 3.8) is 0 Å². The molecule has 2 aromatic carbocycles. The first-order chi connectivity index (χ1) is 14.2. The van der Waals surface area contributed by atoms with E-state index < -0.39 is 39.4 Å². The summed E-state index contributed by atoms with van der Waals surface area (Å²) in [7, 11) is -4.17. The number of hydrogen-bond donors (Lipinski definition) is 1. The number of amides is 1. The molecule has 0 saturated carbocycles. The Morgan fingerprint density at radius 2 is 1.90 bits per heavy atom. The molecule has 10 heteroatoms. The fourth-order valence-electron chi connectivity index (χ4n) is 3.01. The molecule has 1 aliphatic rings. The number of esters is 1. The fourth-order valence-corrected chi connectivity index (χ4v) is 3.97. The Morgan fingerprint density at radius 1 is 1.20 bits per heavy atom. The van der Waals surface area contributed by atoms with Gasteiger partial charge >= 0.3 is 5.97 Å². The van der Waals surface area contributed by atoms with Crippen LogP contribution in [-0.2, 0) is 24.3 Å². The van der Waals surface area contributed by atoms with Gasteiger partial charge in [0.15, 0.2) is 0 Å². The molecule has 158 valence electrons. The lowest BCUT2D eigenvalue weighted by Crippen LogP contribution is -2.46. The van der Waals surface area contributed by atoms with E-state index in [-0.39, 0.29) is 18.7 Å². The van der Waals surface area contributed by atoms with E-state index in [0.29, 0.717) is 9.87 Å². The highest BCUT2D eigenvalue weighted by atomic mass is 32.2. The molecule has 1 aliphatic heterocycles. The van der Waals surface area contributed by atoms with Crippen LogP contribution in [0.15, 0.2) is 53.6 Å². The van der Waals surface area contributed by atoms with Crippen LogP contribution in [0.4, 0.5) is 10.1 Å². The number of nitrogens with one attached hydrogen (secondary N) is 1. The standard InChI is InChI=1S/C20H20FN3O5S/c1-3-29-20(26)17-12-16(22-23-17)19(25)24(30(2,27)28)18-10-9-14(11-15(18)21)13-7-5-4-6-8-13/h4-11,16,22H,3,12H2,1-2H3. The molecule has 1 atom stereocenters. The van der Waals surface area contributed by atoms with Gasteiger partial charge in [-0.1, -0.05) is 36.4 Å². The highest BCUT2D eigenvalue weighted by Gasteiger charge is 2.37. The molecule has 2 aromatic rings. The number of hydrogen-bond acceptors (Lipinski definition) is 7. The molecule has 1 heterocycles. The van der Waals surface area contributed by atoms with E-state index in [4.69, 9.17) is 4.74 Å². The number of sulfonamides is 1. The minimum Gasteiger partial charge on any atom is -0.461 e. The van der Waals surface area contributed by atoms with E-state index in [1.807, 2.05) is 6.07 Å². The predicted molar refractivity (Wildman–Crippen MR) is 110 cm³/mol. The van der Waals surface area contributed by atoms with Gasteiger partial charge in [-0.2, -0.15) is 5.10 Å². The molecule has 0 aliphatic carbocycles. The van der Waals surface area contributed by atoms with E-state index in [0.717, 1.165) is 11.8 Å². The summed E-state index contributed by atoms with van der Waals surface area (Å²) >= 11 is 0. The molecular weight excluding hydrogens is 413 g/mol. The van der Waals surface area contributed by atoms with Gasteiger partial charge in [0.1, 0.15) is 17.6 Å². The highest BCUT2D eigenvalue weighted by molar-refractivity contribution is 7.92. The van der Waals surface area contributed by atoms with Crippen LogP contribution in [0.2, 0.25) is 0 Å². The number of nitrogens with zero attached hydrogens (tertiary/aromatic N) is 2. The monoisotopic (exact) mass is 433 g/mol. The molecule has 1 amide bonds. The van der Waals surface area contributed by atoms with Crippen LogP contribution in [-0.4, -0.2) is 44.9 Å². The van der Waals surface area contributed by atoms with Crippen LogP contribution in [0.3, 0.4) is 0 Å². The highest BCUT2D eigenvalue weighted by Crippen LogP contribution is 2.29. The zero-order valence-electron chi connectivity index (χ0n) is 16.3. The first-order valence-corrected chi connectivity index (χ1v) is 11.0. The number of rotatable bonds is 6. The second-order valence-corrected chi connectivity index (χ2v) is 8.39. The first kappa shape index (κ1) is 21.4. The van der Waals surface area contributed by atoms with Crippen LogP contribution in [0.5, 0.6) is 0 Å². The average Bonchev–Trinajstić information content (AvgIpc) is 3.20. The van der Waals surface area contributed by atoms with Crippen LogP contribution in [0.1, 0.15) is 13.3 Å². The SMILES string of the molecule is CCOC(=O)C1=NNC(C(=O)N(c2ccc(-c3ccccc3)cc2F)S(C)(=O)=O)C1. The van der Waals surface area contributed by atoms with Crippen molar-refractivity contribution >= 4 is 33.3 Å². The van der Waals surface area contributed by atoms with Crippen molar-refractivity contribution in [2.75, 3.05) is 17.2 Å². The summed E-state index contributed by atoms with van der Waals surface area (Å²) < 4.78 is 44.8. The van der Waals surface area contributed by atoms with E-state index >= 15 is 0 Å². The molecule has 3 rings (SSSR count). The summed E-state index contributed by atoms with van der Waals surface area (Å²) in [6, 6.07) is 11.8. The van der Waals surface area contributed by atoms with Crippen molar-refractivity contribution in [3.05, 3.63) is 54.3 Å². The van der Waals surface area contributed by atoms with Crippen LogP contribution >= 0.6 is 0 Å². The minimum atomic E-state index is -4.17. The Labute approximate surface area is 173 Å².